The number of rotatable bonds is 4. The van der Waals surface area contributed by atoms with E-state index >= 15 is 0 Å². The average Bonchev–Trinajstić information content (AvgIpc) is 2.35. The molecule has 0 saturated heterocycles. The van der Waals surface area contributed by atoms with Gasteiger partial charge in [0, 0.05) is 34.8 Å². The Morgan fingerprint density at radius 2 is 1.65 bits per heavy atom. The highest BCUT2D eigenvalue weighted by molar-refractivity contribution is 7.94. The fourth-order valence-electron chi connectivity index (χ4n) is 2.65. The second-order valence-electron chi connectivity index (χ2n) is 5.68. The highest BCUT2D eigenvalue weighted by Crippen LogP contribution is 2.35. The lowest BCUT2D eigenvalue weighted by Crippen LogP contribution is -2.28. The van der Waals surface area contributed by atoms with E-state index in [4.69, 9.17) is 11.6 Å². The Bertz CT molecular complexity index is 882. The summed E-state index contributed by atoms with van der Waals surface area (Å²) >= 11 is 5.88. The normalized spacial score (nSPS) is 19.3. The van der Waals surface area contributed by atoms with Gasteiger partial charge in [0.15, 0.2) is 19.7 Å². The summed E-state index contributed by atoms with van der Waals surface area (Å²) < 4.78 is 47.4. The van der Waals surface area contributed by atoms with E-state index in [1.807, 2.05) is 0 Å². The van der Waals surface area contributed by atoms with Crippen LogP contribution in [0.25, 0.3) is 0 Å². The largest absolute Gasteiger partial charge is 0.361 e. The summed E-state index contributed by atoms with van der Waals surface area (Å²) in [5.41, 5.74) is 1.65. The van der Waals surface area contributed by atoms with Gasteiger partial charge in [-0.05, 0) is 24.6 Å². The van der Waals surface area contributed by atoms with Crippen molar-refractivity contribution >= 4 is 31.3 Å². The number of hydrogen-bond donors (Lipinski definition) is 1. The molecule has 1 heterocycles. The van der Waals surface area contributed by atoms with E-state index in [2.05, 4.69) is 5.32 Å². The lowest BCUT2D eigenvalue weighted by atomic mass is 9.94. The number of dihydropyridines is 1. The summed E-state index contributed by atoms with van der Waals surface area (Å²) in [6, 6.07) is 6.84. The fraction of sp³-hybridized carbons (Fsp3) is 0.333. The van der Waals surface area contributed by atoms with Gasteiger partial charge in [0.25, 0.3) is 0 Å². The topological polar surface area (TPSA) is 80.3 Å². The molecule has 8 heteroatoms. The first-order chi connectivity index (χ1) is 10.5. The van der Waals surface area contributed by atoms with Gasteiger partial charge in [0.2, 0.25) is 0 Å². The summed E-state index contributed by atoms with van der Waals surface area (Å²) in [7, 11) is -6.70. The van der Waals surface area contributed by atoms with Gasteiger partial charge in [0.1, 0.15) is 0 Å². The molecule has 5 nitrogen and oxygen atoms in total. The first-order valence-corrected chi connectivity index (χ1v) is 11.1. The van der Waals surface area contributed by atoms with Gasteiger partial charge < -0.3 is 5.32 Å². The van der Waals surface area contributed by atoms with Crippen LogP contribution in [0.1, 0.15) is 18.4 Å². The van der Waals surface area contributed by atoms with Crippen molar-refractivity contribution < 1.29 is 16.8 Å². The van der Waals surface area contributed by atoms with Crippen LogP contribution in [0, 0.1) is 0 Å². The molecule has 0 spiro atoms. The van der Waals surface area contributed by atoms with Crippen LogP contribution in [0.2, 0.25) is 5.02 Å². The summed E-state index contributed by atoms with van der Waals surface area (Å²) in [5.74, 6) is -0.717. The van der Waals surface area contributed by atoms with Crippen molar-refractivity contribution in [1.82, 2.24) is 5.32 Å². The van der Waals surface area contributed by atoms with Crippen LogP contribution in [0.3, 0.4) is 0 Å². The van der Waals surface area contributed by atoms with Crippen LogP contribution in [-0.4, -0.2) is 35.1 Å². The number of allylic oxidation sites excluding steroid dienone is 3. The van der Waals surface area contributed by atoms with Gasteiger partial charge in [-0.25, -0.2) is 16.8 Å². The maximum atomic E-state index is 12.2. The number of benzene rings is 1. The first-order valence-electron chi connectivity index (χ1n) is 6.79. The molecule has 0 saturated carbocycles. The third-order valence-corrected chi connectivity index (χ3v) is 5.86. The molecule has 1 aromatic carbocycles. The molecule has 1 aliphatic rings. The lowest BCUT2D eigenvalue weighted by Gasteiger charge is -2.27. The molecule has 0 aliphatic carbocycles. The third kappa shape index (κ3) is 4.59. The van der Waals surface area contributed by atoms with E-state index in [0.29, 0.717) is 16.4 Å². The van der Waals surface area contributed by atoms with Crippen LogP contribution in [0.4, 0.5) is 0 Å². The molecule has 126 valence electrons. The highest BCUT2D eigenvalue weighted by atomic mass is 35.5. The Hall–Kier alpha value is -1.31. The molecule has 0 aromatic heterocycles. The molecular formula is C15H18ClNO4S2. The molecule has 1 unspecified atom stereocenters. The van der Waals surface area contributed by atoms with E-state index < -0.39 is 25.6 Å². The predicted molar refractivity (Wildman–Crippen MR) is 92.7 cm³/mol. The maximum absolute atomic E-state index is 12.2. The minimum Gasteiger partial charge on any atom is -0.361 e. The summed E-state index contributed by atoms with van der Waals surface area (Å²) in [5, 5.41) is 3.44. The number of sulfone groups is 2. The van der Waals surface area contributed by atoms with Crippen molar-refractivity contribution in [3.8, 4) is 0 Å². The van der Waals surface area contributed by atoms with Gasteiger partial charge in [-0.2, -0.15) is 0 Å². The summed E-state index contributed by atoms with van der Waals surface area (Å²) in [6.07, 6.45) is 3.93. The monoisotopic (exact) mass is 375 g/mol. The van der Waals surface area contributed by atoms with Crippen LogP contribution in [0.15, 0.2) is 46.6 Å². The zero-order valence-corrected chi connectivity index (χ0v) is 15.4. The van der Waals surface area contributed by atoms with Gasteiger partial charge in [0.05, 0.1) is 10.7 Å². The van der Waals surface area contributed by atoms with Crippen LogP contribution in [0.5, 0.6) is 0 Å². The van der Waals surface area contributed by atoms with E-state index in [9.17, 15) is 16.8 Å². The number of halogens is 1. The molecular weight excluding hydrogens is 358 g/mol. The van der Waals surface area contributed by atoms with Crippen molar-refractivity contribution in [3.63, 3.8) is 0 Å². The van der Waals surface area contributed by atoms with Crippen molar-refractivity contribution in [3.05, 3.63) is 57.2 Å². The third-order valence-electron chi connectivity index (χ3n) is 3.41. The molecule has 23 heavy (non-hydrogen) atoms. The molecule has 1 N–H and O–H groups in total. The predicted octanol–water partition coefficient (Wildman–Crippen LogP) is 2.23. The van der Waals surface area contributed by atoms with Crippen LogP contribution >= 0.6 is 11.6 Å². The summed E-state index contributed by atoms with van der Waals surface area (Å²) in [6.45, 7) is 1.63. The van der Waals surface area contributed by atoms with Crippen molar-refractivity contribution in [2.24, 2.45) is 0 Å². The van der Waals surface area contributed by atoms with Crippen LogP contribution < -0.4 is 5.32 Å². The van der Waals surface area contributed by atoms with E-state index in [1.165, 1.54) is 0 Å². The molecule has 0 radical (unpaired) electrons. The molecule has 0 amide bonds. The number of hydrogen-bond acceptors (Lipinski definition) is 5. The molecule has 0 bridgehead atoms. The van der Waals surface area contributed by atoms with E-state index in [0.717, 1.165) is 18.1 Å². The quantitative estimate of drug-likeness (QED) is 0.872. The van der Waals surface area contributed by atoms with Crippen molar-refractivity contribution in [1.29, 1.82) is 0 Å². The zero-order chi connectivity index (χ0) is 17.4. The fourth-order valence-corrected chi connectivity index (χ4v) is 4.78. The van der Waals surface area contributed by atoms with E-state index in [1.54, 1.807) is 37.3 Å². The maximum Gasteiger partial charge on any atom is 0.174 e. The molecule has 0 fully saturated rings. The van der Waals surface area contributed by atoms with Gasteiger partial charge in [-0.3, -0.25) is 0 Å². The molecule has 2 rings (SSSR count). The highest BCUT2D eigenvalue weighted by Gasteiger charge is 2.30. The van der Waals surface area contributed by atoms with Crippen LogP contribution in [-0.2, 0) is 19.7 Å². The second kappa shape index (κ2) is 6.30. The zero-order valence-electron chi connectivity index (χ0n) is 13.0. The first kappa shape index (κ1) is 18.0. The lowest BCUT2D eigenvalue weighted by molar-refractivity contribution is 0.602. The Balaban J connectivity index is 2.57. The standard InChI is InChI=1S/C15H18ClNO4S2/c1-10-15(23(3,20)21)14(11-4-6-12(16)7-5-11)8-13(17-10)9-22(2,18)19/h4-8,14,17H,9H2,1-3H3. The minimum absolute atomic E-state index is 0.175. The molecule has 1 aromatic rings. The van der Waals surface area contributed by atoms with E-state index in [-0.39, 0.29) is 10.7 Å². The SMILES string of the molecule is CC1=C(S(C)(=O)=O)C(c2ccc(Cl)cc2)C=C(CS(C)(=O)=O)N1. The van der Waals surface area contributed by atoms with Crippen molar-refractivity contribution in [2.75, 3.05) is 18.3 Å². The second-order valence-corrected chi connectivity index (χ2v) is 10.2. The Morgan fingerprint density at radius 3 is 2.13 bits per heavy atom. The van der Waals surface area contributed by atoms with Gasteiger partial charge in [-0.15, -0.1) is 0 Å². The Morgan fingerprint density at radius 1 is 1.09 bits per heavy atom. The summed E-state index contributed by atoms with van der Waals surface area (Å²) in [4.78, 5) is 0.233. The van der Waals surface area contributed by atoms with Crippen molar-refractivity contribution in [2.45, 2.75) is 12.8 Å². The molecule has 1 aliphatic heterocycles. The van der Waals surface area contributed by atoms with Gasteiger partial charge in [-0.1, -0.05) is 29.8 Å². The Kier molecular flexibility index (Phi) is 4.94. The average molecular weight is 376 g/mol. The Labute approximate surface area is 141 Å². The smallest absolute Gasteiger partial charge is 0.174 e. The molecule has 1 atom stereocenters. The number of nitrogens with one attached hydrogen (secondary N) is 1. The minimum atomic E-state index is -3.46. The van der Waals surface area contributed by atoms with Gasteiger partial charge >= 0.3 is 0 Å².